The highest BCUT2D eigenvalue weighted by Crippen LogP contribution is 2.22. The first-order valence-electron chi connectivity index (χ1n) is 8.35. The van der Waals surface area contributed by atoms with E-state index in [-0.39, 0.29) is 11.5 Å². The number of amides is 1. The summed E-state index contributed by atoms with van der Waals surface area (Å²) in [5, 5.41) is 12.5. The van der Waals surface area contributed by atoms with Gasteiger partial charge in [-0.2, -0.15) is 5.10 Å². The van der Waals surface area contributed by atoms with Crippen LogP contribution in [0.1, 0.15) is 21.6 Å². The van der Waals surface area contributed by atoms with E-state index in [2.05, 4.69) is 30.0 Å². The van der Waals surface area contributed by atoms with E-state index in [1.165, 1.54) is 0 Å². The molecular weight excluding hydrogens is 380 g/mol. The lowest BCUT2D eigenvalue weighted by molar-refractivity contribution is 0.0946. The normalized spacial score (nSPS) is 11.3. The van der Waals surface area contributed by atoms with E-state index in [0.717, 1.165) is 22.0 Å². The first-order valence-corrected chi connectivity index (χ1v) is 8.73. The number of hydrogen-bond acceptors (Lipinski definition) is 6. The SMILES string of the molecule is Nc1nonc1C(=O)N/N=C\c1cn(Cc2cccc(Cl)c2)c2ccccc12. The minimum absolute atomic E-state index is 0.0918. The molecular formula is C19H15ClN6O2. The summed E-state index contributed by atoms with van der Waals surface area (Å²) in [6.45, 7) is 0.655. The molecule has 28 heavy (non-hydrogen) atoms. The number of para-hydroxylation sites is 1. The molecule has 0 bridgehead atoms. The van der Waals surface area contributed by atoms with Crippen molar-refractivity contribution in [2.75, 3.05) is 5.73 Å². The lowest BCUT2D eigenvalue weighted by Gasteiger charge is -2.05. The van der Waals surface area contributed by atoms with Gasteiger partial charge in [0.2, 0.25) is 11.5 Å². The first-order chi connectivity index (χ1) is 13.6. The number of fused-ring (bicyclic) bond motifs is 1. The first kappa shape index (κ1) is 17.7. The van der Waals surface area contributed by atoms with Crippen molar-refractivity contribution in [3.63, 3.8) is 0 Å². The highest BCUT2D eigenvalue weighted by Gasteiger charge is 2.15. The van der Waals surface area contributed by atoms with Crippen LogP contribution >= 0.6 is 11.6 Å². The molecule has 2 aromatic carbocycles. The van der Waals surface area contributed by atoms with Crippen LogP contribution in [-0.2, 0) is 6.54 Å². The number of nitrogen functional groups attached to an aromatic ring is 1. The lowest BCUT2D eigenvalue weighted by atomic mass is 10.2. The van der Waals surface area contributed by atoms with Crippen molar-refractivity contribution in [2.45, 2.75) is 6.54 Å². The zero-order chi connectivity index (χ0) is 19.5. The highest BCUT2D eigenvalue weighted by atomic mass is 35.5. The minimum atomic E-state index is -0.599. The van der Waals surface area contributed by atoms with Crippen molar-refractivity contribution >= 4 is 40.4 Å². The average molecular weight is 395 g/mol. The number of hydrazone groups is 1. The molecule has 0 radical (unpaired) electrons. The van der Waals surface area contributed by atoms with Crippen LogP contribution in [-0.4, -0.2) is 27.0 Å². The molecule has 2 aromatic heterocycles. The second-order valence-corrected chi connectivity index (χ2v) is 6.49. The molecule has 0 spiro atoms. The molecule has 2 heterocycles. The molecule has 0 aliphatic carbocycles. The van der Waals surface area contributed by atoms with Crippen LogP contribution in [0.5, 0.6) is 0 Å². The standard InChI is InChI=1S/C19H15ClN6O2/c20-14-5-3-4-12(8-14)10-26-11-13(15-6-1-2-7-16(15)26)9-22-23-19(27)17-18(21)25-28-24-17/h1-9,11H,10H2,(H2,21,25)(H,23,27)/b22-9-. The van der Waals surface area contributed by atoms with E-state index in [9.17, 15) is 4.79 Å². The maximum Gasteiger partial charge on any atom is 0.297 e. The van der Waals surface area contributed by atoms with Gasteiger partial charge >= 0.3 is 0 Å². The van der Waals surface area contributed by atoms with Gasteiger partial charge < -0.3 is 10.3 Å². The minimum Gasteiger partial charge on any atom is -0.379 e. The molecule has 0 saturated heterocycles. The van der Waals surface area contributed by atoms with Crippen LogP contribution in [0.2, 0.25) is 5.02 Å². The second-order valence-electron chi connectivity index (χ2n) is 6.06. The predicted molar refractivity (Wildman–Crippen MR) is 106 cm³/mol. The van der Waals surface area contributed by atoms with Gasteiger partial charge in [0.25, 0.3) is 5.91 Å². The quantitative estimate of drug-likeness (QED) is 0.399. The van der Waals surface area contributed by atoms with Crippen LogP contribution in [0.15, 0.2) is 64.5 Å². The summed E-state index contributed by atoms with van der Waals surface area (Å²) in [6, 6.07) is 15.7. The summed E-state index contributed by atoms with van der Waals surface area (Å²) in [6.07, 6.45) is 3.53. The van der Waals surface area contributed by atoms with Gasteiger partial charge in [-0.15, -0.1) is 0 Å². The smallest absolute Gasteiger partial charge is 0.297 e. The van der Waals surface area contributed by atoms with Gasteiger partial charge in [-0.1, -0.05) is 41.9 Å². The summed E-state index contributed by atoms with van der Waals surface area (Å²) < 4.78 is 6.51. The van der Waals surface area contributed by atoms with Gasteiger partial charge in [0.1, 0.15) is 0 Å². The summed E-state index contributed by atoms with van der Waals surface area (Å²) in [5.74, 6) is -0.691. The molecule has 140 valence electrons. The molecule has 0 unspecified atom stereocenters. The number of carbonyl (C=O) groups is 1. The third kappa shape index (κ3) is 3.58. The fourth-order valence-corrected chi connectivity index (χ4v) is 3.12. The van der Waals surface area contributed by atoms with Crippen molar-refractivity contribution in [2.24, 2.45) is 5.10 Å². The Balaban J connectivity index is 1.59. The Labute approximate surface area is 164 Å². The maximum absolute atomic E-state index is 12.0. The molecule has 1 amide bonds. The van der Waals surface area contributed by atoms with Gasteiger partial charge in [-0.25, -0.2) is 10.1 Å². The molecule has 8 nitrogen and oxygen atoms in total. The Hall–Kier alpha value is -3.65. The lowest BCUT2D eigenvalue weighted by Crippen LogP contribution is -2.19. The van der Waals surface area contributed by atoms with Crippen molar-refractivity contribution in [3.8, 4) is 0 Å². The van der Waals surface area contributed by atoms with Gasteiger partial charge in [0, 0.05) is 34.2 Å². The molecule has 4 rings (SSSR count). The summed E-state index contributed by atoms with van der Waals surface area (Å²) in [7, 11) is 0. The number of nitrogens with two attached hydrogens (primary N) is 1. The maximum atomic E-state index is 12.0. The molecule has 9 heteroatoms. The highest BCUT2D eigenvalue weighted by molar-refractivity contribution is 6.30. The fourth-order valence-electron chi connectivity index (χ4n) is 2.91. The summed E-state index contributed by atoms with van der Waals surface area (Å²) >= 11 is 6.09. The Bertz CT molecular complexity index is 1180. The third-order valence-corrected chi connectivity index (χ3v) is 4.40. The molecule has 4 aromatic rings. The van der Waals surface area contributed by atoms with Gasteiger partial charge in [-0.3, -0.25) is 4.79 Å². The van der Waals surface area contributed by atoms with E-state index in [4.69, 9.17) is 17.3 Å². The Morgan fingerprint density at radius 2 is 2.11 bits per heavy atom. The van der Waals surface area contributed by atoms with Crippen LogP contribution in [0, 0.1) is 0 Å². The average Bonchev–Trinajstić information content (AvgIpc) is 3.26. The number of halogens is 1. The molecule has 0 aliphatic rings. The van der Waals surface area contributed by atoms with Gasteiger partial charge in [-0.05, 0) is 34.1 Å². The number of hydrogen-bond donors (Lipinski definition) is 2. The van der Waals surface area contributed by atoms with E-state index < -0.39 is 5.91 Å². The van der Waals surface area contributed by atoms with E-state index in [1.54, 1.807) is 6.21 Å². The largest absolute Gasteiger partial charge is 0.379 e. The van der Waals surface area contributed by atoms with Gasteiger partial charge in [0.15, 0.2) is 0 Å². The molecule has 0 atom stereocenters. The number of aromatic nitrogens is 3. The topological polar surface area (TPSA) is 111 Å². The van der Waals surface area contributed by atoms with Crippen LogP contribution < -0.4 is 11.2 Å². The Morgan fingerprint density at radius 3 is 2.89 bits per heavy atom. The number of rotatable bonds is 5. The van der Waals surface area contributed by atoms with E-state index >= 15 is 0 Å². The zero-order valence-electron chi connectivity index (χ0n) is 14.5. The summed E-state index contributed by atoms with van der Waals surface area (Å²) in [4.78, 5) is 12.0. The Kier molecular flexibility index (Phi) is 4.77. The zero-order valence-corrected chi connectivity index (χ0v) is 15.3. The molecule has 3 N–H and O–H groups in total. The number of nitrogens with one attached hydrogen (secondary N) is 1. The monoisotopic (exact) mass is 394 g/mol. The van der Waals surface area contributed by atoms with Crippen LogP contribution in [0.4, 0.5) is 5.82 Å². The number of anilines is 1. The van der Waals surface area contributed by atoms with E-state index in [0.29, 0.717) is 11.6 Å². The van der Waals surface area contributed by atoms with Crippen molar-refractivity contribution in [1.82, 2.24) is 20.3 Å². The second kappa shape index (κ2) is 7.53. The molecule has 0 fully saturated rings. The number of nitrogens with zero attached hydrogens (tertiary/aromatic N) is 4. The van der Waals surface area contributed by atoms with Crippen LogP contribution in [0.25, 0.3) is 10.9 Å². The van der Waals surface area contributed by atoms with Crippen molar-refractivity contribution < 1.29 is 9.42 Å². The molecule has 0 aliphatic heterocycles. The third-order valence-electron chi connectivity index (χ3n) is 4.16. The van der Waals surface area contributed by atoms with Crippen molar-refractivity contribution in [1.29, 1.82) is 0 Å². The number of benzene rings is 2. The fraction of sp³-hybridized carbons (Fsp3) is 0.0526. The predicted octanol–water partition coefficient (Wildman–Crippen LogP) is 3.07. The summed E-state index contributed by atoms with van der Waals surface area (Å²) in [5.41, 5.74) is 10.7. The van der Waals surface area contributed by atoms with Crippen molar-refractivity contribution in [3.05, 3.63) is 76.6 Å². The Morgan fingerprint density at radius 1 is 1.25 bits per heavy atom. The van der Waals surface area contributed by atoms with E-state index in [1.807, 2.05) is 54.7 Å². The van der Waals surface area contributed by atoms with Gasteiger partial charge in [0.05, 0.1) is 6.21 Å². The molecule has 0 saturated carbocycles. The number of carbonyl (C=O) groups excluding carboxylic acids is 1. The van der Waals surface area contributed by atoms with Crippen LogP contribution in [0.3, 0.4) is 0 Å².